The first-order valence-electron chi connectivity index (χ1n) is 8.17. The number of aliphatic hydroxyl groups excluding tert-OH is 1. The molecule has 0 amide bonds. The van der Waals surface area contributed by atoms with Gasteiger partial charge >= 0.3 is 0 Å². The van der Waals surface area contributed by atoms with Gasteiger partial charge in [0.15, 0.2) is 29.7 Å². The third-order valence-electron chi connectivity index (χ3n) is 4.50. The molecule has 0 aromatic heterocycles. The fourth-order valence-corrected chi connectivity index (χ4v) is 3.61. The summed E-state index contributed by atoms with van der Waals surface area (Å²) < 4.78 is 29.5. The summed E-state index contributed by atoms with van der Waals surface area (Å²) in [5, 5.41) is 10.8. The van der Waals surface area contributed by atoms with Gasteiger partial charge in [0.1, 0.15) is 18.3 Å². The van der Waals surface area contributed by atoms with Gasteiger partial charge in [0.25, 0.3) is 5.79 Å². The maximum Gasteiger partial charge on any atom is 0.262 e. The molecule has 0 spiro atoms. The molecule has 4 aliphatic heterocycles. The van der Waals surface area contributed by atoms with Gasteiger partial charge in [-0.1, -0.05) is 0 Å². The van der Waals surface area contributed by atoms with E-state index in [0.29, 0.717) is 12.4 Å². The van der Waals surface area contributed by atoms with Gasteiger partial charge in [0.2, 0.25) is 0 Å². The zero-order valence-corrected chi connectivity index (χ0v) is 14.4. The predicted octanol–water partition coefficient (Wildman–Crippen LogP) is 0.0247. The Morgan fingerprint density at radius 2 is 1.88 bits per heavy atom. The Kier molecular flexibility index (Phi) is 3.54. The molecule has 3 saturated heterocycles. The van der Waals surface area contributed by atoms with Crippen LogP contribution in [-0.4, -0.2) is 65.6 Å². The Bertz CT molecular complexity index is 566. The van der Waals surface area contributed by atoms with Crippen LogP contribution in [0.15, 0.2) is 4.99 Å². The molecule has 0 aromatic carbocycles. The highest BCUT2D eigenvalue weighted by Crippen LogP contribution is 2.48. The predicted molar refractivity (Wildman–Crippen MR) is 79.7 cm³/mol. The number of amidine groups is 1. The molecule has 24 heavy (non-hydrogen) atoms. The van der Waals surface area contributed by atoms with Crippen molar-refractivity contribution in [3.05, 3.63) is 0 Å². The summed E-state index contributed by atoms with van der Waals surface area (Å²) in [5.41, 5.74) is 2.73. The van der Waals surface area contributed by atoms with Gasteiger partial charge in [0.05, 0.1) is 6.61 Å². The lowest BCUT2D eigenvalue weighted by Crippen LogP contribution is -2.52. The van der Waals surface area contributed by atoms with Crippen molar-refractivity contribution in [1.82, 2.24) is 5.48 Å². The van der Waals surface area contributed by atoms with E-state index < -0.39 is 41.8 Å². The van der Waals surface area contributed by atoms with E-state index in [9.17, 15) is 5.11 Å². The molecule has 2 N–H and O–H groups in total. The molecule has 9 nitrogen and oxygen atoms in total. The minimum Gasteiger partial charge on any atom is -0.387 e. The summed E-state index contributed by atoms with van der Waals surface area (Å²) in [6, 6.07) is 0. The second kappa shape index (κ2) is 5.10. The average Bonchev–Trinajstić information content (AvgIpc) is 3.16. The Hall–Kier alpha value is -0.810. The minimum atomic E-state index is -1.37. The molecule has 9 heteroatoms. The summed E-state index contributed by atoms with van der Waals surface area (Å²) >= 11 is 0. The Balaban J connectivity index is 1.64. The highest BCUT2D eigenvalue weighted by atomic mass is 16.9. The van der Waals surface area contributed by atoms with Crippen LogP contribution in [0.4, 0.5) is 0 Å². The van der Waals surface area contributed by atoms with Gasteiger partial charge in [-0.05, 0) is 34.6 Å². The first-order chi connectivity index (χ1) is 11.1. The molecule has 0 radical (unpaired) electrons. The van der Waals surface area contributed by atoms with E-state index in [0.717, 1.165) is 0 Å². The lowest BCUT2D eigenvalue weighted by molar-refractivity contribution is -0.252. The van der Waals surface area contributed by atoms with Gasteiger partial charge in [-0.3, -0.25) is 0 Å². The highest BCUT2D eigenvalue weighted by molar-refractivity contribution is 5.91. The number of nitrogens with one attached hydrogen (secondary N) is 1. The second-order valence-corrected chi connectivity index (χ2v) is 7.44. The third kappa shape index (κ3) is 2.47. The van der Waals surface area contributed by atoms with Crippen molar-refractivity contribution in [3.63, 3.8) is 0 Å². The first-order valence-corrected chi connectivity index (χ1v) is 8.17. The van der Waals surface area contributed by atoms with Crippen LogP contribution in [0.5, 0.6) is 0 Å². The van der Waals surface area contributed by atoms with E-state index >= 15 is 0 Å². The Morgan fingerprint density at radius 1 is 1.12 bits per heavy atom. The van der Waals surface area contributed by atoms with E-state index in [2.05, 4.69) is 10.5 Å². The smallest absolute Gasteiger partial charge is 0.262 e. The number of nitrogens with zero attached hydrogens (tertiary/aromatic N) is 1. The molecule has 0 aromatic rings. The number of aliphatic imine (C=N–C) groups is 1. The van der Waals surface area contributed by atoms with Crippen molar-refractivity contribution in [2.45, 2.75) is 82.6 Å². The van der Waals surface area contributed by atoms with Crippen molar-refractivity contribution < 1.29 is 33.6 Å². The average molecular weight is 344 g/mol. The Labute approximate surface area is 140 Å². The SMILES string of the molecule is CC1N=C([C@]23O[C@H](C4COC(C)(C)O4)[C@H](O)[C@H]2OC(C)(C)O3)NO1. The standard InChI is InChI=1S/C15H24N2O7/c1-7-16-12(17-23-7)15-11(22-14(4,5)24-15)9(18)10(21-15)8-6-19-13(2,3)20-8/h7-11,18H,6H2,1-5H3,(H,16,17)/t7?,8?,9-,10+,11+,15-/m0/s1. The minimum absolute atomic E-state index is 0.313. The Morgan fingerprint density at radius 3 is 2.46 bits per heavy atom. The van der Waals surface area contributed by atoms with Crippen LogP contribution in [0.25, 0.3) is 0 Å². The van der Waals surface area contributed by atoms with E-state index in [-0.39, 0.29) is 6.23 Å². The largest absolute Gasteiger partial charge is 0.387 e. The number of rotatable bonds is 2. The maximum atomic E-state index is 10.8. The van der Waals surface area contributed by atoms with Gasteiger partial charge < -0.3 is 28.8 Å². The van der Waals surface area contributed by atoms with Gasteiger partial charge in [-0.25, -0.2) is 15.3 Å². The fraction of sp³-hybridized carbons (Fsp3) is 0.933. The molecule has 4 rings (SSSR count). The number of hydrogen-bond acceptors (Lipinski definition) is 9. The second-order valence-electron chi connectivity index (χ2n) is 7.44. The number of hydroxylamine groups is 1. The molecule has 2 unspecified atom stereocenters. The number of ether oxygens (including phenoxy) is 5. The fourth-order valence-electron chi connectivity index (χ4n) is 3.61. The highest BCUT2D eigenvalue weighted by Gasteiger charge is 2.70. The van der Waals surface area contributed by atoms with Crippen molar-refractivity contribution >= 4 is 5.84 Å². The van der Waals surface area contributed by atoms with E-state index in [1.165, 1.54) is 0 Å². The van der Waals surface area contributed by atoms with Crippen LogP contribution in [-0.2, 0) is 28.5 Å². The normalized spacial score (nSPS) is 49.1. The van der Waals surface area contributed by atoms with Crippen LogP contribution >= 0.6 is 0 Å². The molecule has 4 aliphatic rings. The topological polar surface area (TPSA) is 100 Å². The summed E-state index contributed by atoms with van der Waals surface area (Å²) in [4.78, 5) is 9.63. The van der Waals surface area contributed by atoms with Crippen molar-refractivity contribution in [1.29, 1.82) is 0 Å². The summed E-state index contributed by atoms with van der Waals surface area (Å²) in [6.07, 6.45) is -3.21. The molecule has 6 atom stereocenters. The molecule has 0 bridgehead atoms. The van der Waals surface area contributed by atoms with Gasteiger partial charge in [-0.15, -0.1) is 0 Å². The van der Waals surface area contributed by atoms with Gasteiger partial charge in [-0.2, -0.15) is 0 Å². The van der Waals surface area contributed by atoms with Crippen molar-refractivity contribution in [3.8, 4) is 0 Å². The van der Waals surface area contributed by atoms with E-state index in [1.807, 2.05) is 13.8 Å². The van der Waals surface area contributed by atoms with E-state index in [4.69, 9.17) is 28.5 Å². The molecular formula is C15H24N2O7. The third-order valence-corrected chi connectivity index (χ3v) is 4.50. The van der Waals surface area contributed by atoms with E-state index in [1.54, 1.807) is 20.8 Å². The maximum absolute atomic E-state index is 10.8. The van der Waals surface area contributed by atoms with Crippen LogP contribution in [0.2, 0.25) is 0 Å². The summed E-state index contributed by atoms with van der Waals surface area (Å²) in [6.45, 7) is 9.25. The zero-order chi connectivity index (χ0) is 17.3. The van der Waals surface area contributed by atoms with Crippen LogP contribution in [0.3, 0.4) is 0 Å². The molecular weight excluding hydrogens is 320 g/mol. The molecule has 4 heterocycles. The van der Waals surface area contributed by atoms with Gasteiger partial charge in [0, 0.05) is 0 Å². The van der Waals surface area contributed by atoms with Crippen molar-refractivity contribution in [2.75, 3.05) is 6.61 Å². The molecule has 0 saturated carbocycles. The lowest BCUT2D eigenvalue weighted by Gasteiger charge is -2.29. The quantitative estimate of drug-likeness (QED) is 0.723. The van der Waals surface area contributed by atoms with Crippen LogP contribution < -0.4 is 5.48 Å². The summed E-state index contributed by atoms with van der Waals surface area (Å²) in [7, 11) is 0. The number of fused-ring (bicyclic) bond motifs is 1. The number of hydrogen-bond donors (Lipinski definition) is 2. The number of aliphatic hydroxyl groups is 1. The first kappa shape index (κ1) is 16.6. The molecule has 136 valence electrons. The lowest BCUT2D eigenvalue weighted by atomic mass is 10.0. The summed E-state index contributed by atoms with van der Waals surface area (Å²) in [5.74, 6) is -2.67. The van der Waals surface area contributed by atoms with Crippen LogP contribution in [0.1, 0.15) is 34.6 Å². The van der Waals surface area contributed by atoms with Crippen molar-refractivity contribution in [2.24, 2.45) is 4.99 Å². The van der Waals surface area contributed by atoms with Crippen LogP contribution in [0, 0.1) is 0 Å². The molecule has 0 aliphatic carbocycles. The molecule has 3 fully saturated rings. The zero-order valence-electron chi connectivity index (χ0n) is 14.4. The monoisotopic (exact) mass is 344 g/mol.